The number of benzene rings is 1. The number of hydrogen-bond donors (Lipinski definition) is 2. The molecule has 2 rings (SSSR count). The fourth-order valence-electron chi connectivity index (χ4n) is 1.84. The van der Waals surface area contributed by atoms with Crippen molar-refractivity contribution >= 4 is 17.1 Å². The minimum absolute atomic E-state index is 0.124. The zero-order valence-corrected chi connectivity index (χ0v) is 10.1. The van der Waals surface area contributed by atoms with E-state index in [2.05, 4.69) is 17.6 Å². The molecule has 1 aliphatic carbocycles. The van der Waals surface area contributed by atoms with Crippen molar-refractivity contribution in [3.05, 3.63) is 28.3 Å². The third-order valence-electron chi connectivity index (χ3n) is 2.97. The zero-order valence-electron chi connectivity index (χ0n) is 10.1. The van der Waals surface area contributed by atoms with Crippen molar-refractivity contribution in [2.24, 2.45) is 5.92 Å². The van der Waals surface area contributed by atoms with Gasteiger partial charge in [0.05, 0.1) is 4.92 Å². The number of non-ortho nitro benzene ring substituents is 1. The van der Waals surface area contributed by atoms with E-state index in [1.54, 1.807) is 12.1 Å². The Morgan fingerprint density at radius 3 is 2.59 bits per heavy atom. The summed E-state index contributed by atoms with van der Waals surface area (Å²) in [6.07, 6.45) is 1.14. The summed E-state index contributed by atoms with van der Waals surface area (Å²) in [5, 5.41) is 17.2. The molecule has 0 heterocycles. The van der Waals surface area contributed by atoms with Crippen molar-refractivity contribution in [2.45, 2.75) is 26.3 Å². The van der Waals surface area contributed by atoms with Gasteiger partial charge in [0.1, 0.15) is 0 Å². The van der Waals surface area contributed by atoms with Crippen LogP contribution >= 0.6 is 0 Å². The SMILES string of the molecule is CCNc1cc(NC2CC2C)cc([N+](=O)[O-])c1. The van der Waals surface area contributed by atoms with Crippen molar-refractivity contribution in [3.63, 3.8) is 0 Å². The molecule has 0 aliphatic heterocycles. The van der Waals surface area contributed by atoms with E-state index in [-0.39, 0.29) is 10.6 Å². The number of nitrogens with one attached hydrogen (secondary N) is 2. The summed E-state index contributed by atoms with van der Waals surface area (Å²) in [6.45, 7) is 4.88. The van der Waals surface area contributed by atoms with Crippen LogP contribution in [-0.4, -0.2) is 17.5 Å². The van der Waals surface area contributed by atoms with Gasteiger partial charge in [-0.1, -0.05) is 6.92 Å². The molecule has 1 aromatic rings. The van der Waals surface area contributed by atoms with Gasteiger partial charge in [-0.25, -0.2) is 0 Å². The van der Waals surface area contributed by atoms with E-state index in [9.17, 15) is 10.1 Å². The van der Waals surface area contributed by atoms with Gasteiger partial charge in [-0.05, 0) is 25.3 Å². The highest BCUT2D eigenvalue weighted by Gasteiger charge is 2.32. The highest BCUT2D eigenvalue weighted by Crippen LogP contribution is 2.34. The van der Waals surface area contributed by atoms with Gasteiger partial charge in [0, 0.05) is 36.1 Å². The third kappa shape index (κ3) is 2.87. The van der Waals surface area contributed by atoms with Crippen LogP contribution in [0, 0.1) is 16.0 Å². The molecular formula is C12H17N3O2. The Balaban J connectivity index is 2.20. The molecule has 17 heavy (non-hydrogen) atoms. The molecule has 0 saturated heterocycles. The smallest absolute Gasteiger partial charge is 0.273 e. The van der Waals surface area contributed by atoms with Gasteiger partial charge in [0.25, 0.3) is 5.69 Å². The molecule has 5 nitrogen and oxygen atoms in total. The van der Waals surface area contributed by atoms with Crippen LogP contribution in [0.5, 0.6) is 0 Å². The van der Waals surface area contributed by atoms with Gasteiger partial charge in [0.15, 0.2) is 0 Å². The maximum atomic E-state index is 10.8. The van der Waals surface area contributed by atoms with Crippen LogP contribution in [0.25, 0.3) is 0 Å². The standard InChI is InChI=1S/C12H17N3O2/c1-3-13-9-5-10(14-12-4-8(12)2)7-11(6-9)15(16)17/h5-8,12-14H,3-4H2,1-2H3. The minimum Gasteiger partial charge on any atom is -0.385 e. The van der Waals surface area contributed by atoms with Crippen molar-refractivity contribution < 1.29 is 4.92 Å². The van der Waals surface area contributed by atoms with Crippen LogP contribution in [0.4, 0.5) is 17.1 Å². The number of rotatable bonds is 5. The summed E-state index contributed by atoms with van der Waals surface area (Å²) >= 11 is 0. The van der Waals surface area contributed by atoms with Crippen LogP contribution in [0.1, 0.15) is 20.3 Å². The van der Waals surface area contributed by atoms with E-state index in [1.807, 2.05) is 13.0 Å². The van der Waals surface area contributed by atoms with E-state index in [4.69, 9.17) is 0 Å². The van der Waals surface area contributed by atoms with Crippen LogP contribution in [0.15, 0.2) is 18.2 Å². The fraction of sp³-hybridized carbons (Fsp3) is 0.500. The van der Waals surface area contributed by atoms with Gasteiger partial charge in [-0.3, -0.25) is 10.1 Å². The van der Waals surface area contributed by atoms with E-state index >= 15 is 0 Å². The molecule has 0 aromatic heterocycles. The molecule has 1 saturated carbocycles. The van der Waals surface area contributed by atoms with Crippen LogP contribution in [-0.2, 0) is 0 Å². The summed E-state index contributed by atoms with van der Waals surface area (Å²) in [5.41, 5.74) is 1.74. The quantitative estimate of drug-likeness (QED) is 0.608. The fourth-order valence-corrected chi connectivity index (χ4v) is 1.84. The Morgan fingerprint density at radius 1 is 1.41 bits per heavy atom. The second kappa shape index (κ2) is 4.61. The monoisotopic (exact) mass is 235 g/mol. The van der Waals surface area contributed by atoms with E-state index in [1.165, 1.54) is 0 Å². The molecule has 5 heteroatoms. The average molecular weight is 235 g/mol. The largest absolute Gasteiger partial charge is 0.385 e. The molecular weight excluding hydrogens is 218 g/mol. The number of nitro benzene ring substituents is 1. The van der Waals surface area contributed by atoms with Crippen molar-refractivity contribution in [1.82, 2.24) is 0 Å². The van der Waals surface area contributed by atoms with Crippen LogP contribution in [0.3, 0.4) is 0 Å². The molecule has 1 aliphatic rings. The van der Waals surface area contributed by atoms with Gasteiger partial charge in [-0.2, -0.15) is 0 Å². The summed E-state index contributed by atoms with van der Waals surface area (Å²) < 4.78 is 0. The first-order chi connectivity index (χ1) is 8.10. The lowest BCUT2D eigenvalue weighted by Crippen LogP contribution is -2.05. The molecule has 0 spiro atoms. The van der Waals surface area contributed by atoms with E-state index in [0.717, 1.165) is 24.3 Å². The lowest BCUT2D eigenvalue weighted by molar-refractivity contribution is -0.384. The molecule has 2 N–H and O–H groups in total. The summed E-state index contributed by atoms with van der Waals surface area (Å²) in [7, 11) is 0. The lowest BCUT2D eigenvalue weighted by atomic mass is 10.2. The Hall–Kier alpha value is -1.78. The Morgan fingerprint density at radius 2 is 2.06 bits per heavy atom. The maximum absolute atomic E-state index is 10.8. The molecule has 0 amide bonds. The molecule has 2 unspecified atom stereocenters. The molecule has 0 bridgehead atoms. The summed E-state index contributed by atoms with van der Waals surface area (Å²) in [6, 6.07) is 5.53. The second-order valence-electron chi connectivity index (χ2n) is 4.52. The normalized spacial score (nSPS) is 22.0. The Labute approximate surface area is 100 Å². The minimum atomic E-state index is -0.359. The second-order valence-corrected chi connectivity index (χ2v) is 4.52. The van der Waals surface area contributed by atoms with Gasteiger partial charge < -0.3 is 10.6 Å². The van der Waals surface area contributed by atoms with Crippen LogP contribution in [0.2, 0.25) is 0 Å². The van der Waals surface area contributed by atoms with Gasteiger partial charge >= 0.3 is 0 Å². The predicted octanol–water partition coefficient (Wildman–Crippen LogP) is 2.85. The summed E-state index contributed by atoms with van der Waals surface area (Å²) in [5.74, 6) is 0.664. The van der Waals surface area contributed by atoms with E-state index < -0.39 is 0 Å². The van der Waals surface area contributed by atoms with Crippen LogP contribution < -0.4 is 10.6 Å². The molecule has 1 fully saturated rings. The van der Waals surface area contributed by atoms with E-state index in [0.29, 0.717) is 12.0 Å². The van der Waals surface area contributed by atoms with Crippen molar-refractivity contribution in [3.8, 4) is 0 Å². The topological polar surface area (TPSA) is 67.2 Å². The number of hydrogen-bond acceptors (Lipinski definition) is 4. The first-order valence-corrected chi connectivity index (χ1v) is 5.90. The van der Waals surface area contributed by atoms with Crippen molar-refractivity contribution in [1.29, 1.82) is 0 Å². The molecule has 0 radical (unpaired) electrons. The summed E-state index contributed by atoms with van der Waals surface area (Å²) in [4.78, 5) is 10.5. The molecule has 92 valence electrons. The lowest BCUT2D eigenvalue weighted by Gasteiger charge is -2.09. The number of anilines is 2. The Bertz CT molecular complexity index is 434. The maximum Gasteiger partial charge on any atom is 0.273 e. The van der Waals surface area contributed by atoms with Gasteiger partial charge in [0.2, 0.25) is 0 Å². The average Bonchev–Trinajstić information content (AvgIpc) is 2.94. The zero-order chi connectivity index (χ0) is 12.4. The van der Waals surface area contributed by atoms with Gasteiger partial charge in [-0.15, -0.1) is 0 Å². The first kappa shape index (κ1) is 11.7. The first-order valence-electron chi connectivity index (χ1n) is 5.90. The molecule has 1 aromatic carbocycles. The van der Waals surface area contributed by atoms with Crippen molar-refractivity contribution in [2.75, 3.05) is 17.2 Å². The highest BCUT2D eigenvalue weighted by molar-refractivity contribution is 5.64. The Kier molecular flexibility index (Phi) is 3.17. The molecule has 2 atom stereocenters. The highest BCUT2D eigenvalue weighted by atomic mass is 16.6. The number of nitrogens with zero attached hydrogens (tertiary/aromatic N) is 1. The predicted molar refractivity (Wildman–Crippen MR) is 68.5 cm³/mol. The third-order valence-corrected chi connectivity index (χ3v) is 2.97. The number of nitro groups is 1.